The number of aliphatic imine (C=N–C) groups is 1. The third kappa shape index (κ3) is 3.02. The first-order valence-electron chi connectivity index (χ1n) is 5.39. The van der Waals surface area contributed by atoms with Gasteiger partial charge in [0.2, 0.25) is 0 Å². The van der Waals surface area contributed by atoms with Gasteiger partial charge in [-0.15, -0.1) is 0 Å². The van der Waals surface area contributed by atoms with Crippen molar-refractivity contribution >= 4 is 11.9 Å². The molecule has 0 fully saturated rings. The smallest absolute Gasteiger partial charge is 0.0992 e. The van der Waals surface area contributed by atoms with Crippen LogP contribution in [-0.4, -0.2) is 6.21 Å². The predicted octanol–water partition coefficient (Wildman–Crippen LogP) is 3.62. The Morgan fingerprint density at radius 3 is 2.71 bits per heavy atom. The van der Waals surface area contributed by atoms with Crippen molar-refractivity contribution in [2.75, 3.05) is 0 Å². The first kappa shape index (κ1) is 11.1. The highest BCUT2D eigenvalue weighted by Crippen LogP contribution is 2.13. The van der Waals surface area contributed by atoms with Gasteiger partial charge in [-0.05, 0) is 30.7 Å². The highest BCUT2D eigenvalue weighted by molar-refractivity contribution is 5.82. The molecule has 0 spiro atoms. The molecule has 0 aromatic heterocycles. The Morgan fingerprint density at radius 2 is 1.94 bits per heavy atom. The van der Waals surface area contributed by atoms with E-state index in [0.29, 0.717) is 5.56 Å². The van der Waals surface area contributed by atoms with E-state index >= 15 is 0 Å². The number of benzene rings is 2. The van der Waals surface area contributed by atoms with Crippen LogP contribution < -0.4 is 0 Å². The molecule has 0 saturated heterocycles. The zero-order valence-corrected chi connectivity index (χ0v) is 9.59. The van der Waals surface area contributed by atoms with Gasteiger partial charge < -0.3 is 0 Å². The Morgan fingerprint density at radius 1 is 1.12 bits per heavy atom. The Hall–Kier alpha value is -2.40. The lowest BCUT2D eigenvalue weighted by molar-refractivity contribution is 1.44. The van der Waals surface area contributed by atoms with Gasteiger partial charge in [-0.25, -0.2) is 0 Å². The molecule has 17 heavy (non-hydrogen) atoms. The lowest BCUT2D eigenvalue weighted by Gasteiger charge is -1.96. The van der Waals surface area contributed by atoms with Crippen LogP contribution in [0.1, 0.15) is 16.7 Å². The maximum Gasteiger partial charge on any atom is 0.0992 e. The summed E-state index contributed by atoms with van der Waals surface area (Å²) in [5, 5.41) is 8.78. The molecule has 82 valence electrons. The molecule has 2 aromatic carbocycles. The van der Waals surface area contributed by atoms with Gasteiger partial charge >= 0.3 is 0 Å². The minimum absolute atomic E-state index is 0.629. The molecule has 0 bridgehead atoms. The van der Waals surface area contributed by atoms with Crippen LogP contribution in [0.15, 0.2) is 53.5 Å². The van der Waals surface area contributed by atoms with E-state index in [2.05, 4.69) is 17.1 Å². The Labute approximate surface area is 101 Å². The van der Waals surface area contributed by atoms with E-state index in [0.717, 1.165) is 11.3 Å². The summed E-state index contributed by atoms with van der Waals surface area (Å²) in [5.74, 6) is 0. The molecular formula is C15H12N2. The molecule has 0 atom stereocenters. The monoisotopic (exact) mass is 220 g/mol. The van der Waals surface area contributed by atoms with E-state index in [-0.39, 0.29) is 0 Å². The van der Waals surface area contributed by atoms with Crippen LogP contribution in [0.5, 0.6) is 0 Å². The summed E-state index contributed by atoms with van der Waals surface area (Å²) in [6.45, 7) is 2.05. The Kier molecular flexibility index (Phi) is 3.32. The topological polar surface area (TPSA) is 36.1 Å². The molecule has 0 aliphatic carbocycles. The molecule has 0 radical (unpaired) electrons. The quantitative estimate of drug-likeness (QED) is 0.712. The number of aryl methyl sites for hydroxylation is 1. The van der Waals surface area contributed by atoms with Crippen molar-refractivity contribution in [2.24, 2.45) is 4.99 Å². The summed E-state index contributed by atoms with van der Waals surface area (Å²) in [6, 6.07) is 17.5. The van der Waals surface area contributed by atoms with Crippen LogP contribution in [0.3, 0.4) is 0 Å². The first-order valence-corrected chi connectivity index (χ1v) is 5.39. The van der Waals surface area contributed by atoms with E-state index in [4.69, 9.17) is 5.26 Å². The molecule has 0 unspecified atom stereocenters. The number of hydrogen-bond acceptors (Lipinski definition) is 2. The van der Waals surface area contributed by atoms with Crippen LogP contribution in [0.4, 0.5) is 5.69 Å². The molecule has 0 heterocycles. The average molecular weight is 220 g/mol. The predicted molar refractivity (Wildman–Crippen MR) is 69.6 cm³/mol. The summed E-state index contributed by atoms with van der Waals surface area (Å²) >= 11 is 0. The van der Waals surface area contributed by atoms with Gasteiger partial charge in [-0.1, -0.05) is 35.9 Å². The van der Waals surface area contributed by atoms with Crippen molar-refractivity contribution in [2.45, 2.75) is 6.92 Å². The van der Waals surface area contributed by atoms with E-state index in [1.807, 2.05) is 43.5 Å². The van der Waals surface area contributed by atoms with Crippen LogP contribution in [0, 0.1) is 18.3 Å². The van der Waals surface area contributed by atoms with Crippen LogP contribution in [-0.2, 0) is 0 Å². The number of hydrogen-bond donors (Lipinski definition) is 0. The lowest BCUT2D eigenvalue weighted by atomic mass is 10.1. The van der Waals surface area contributed by atoms with Gasteiger partial charge in [0.15, 0.2) is 0 Å². The van der Waals surface area contributed by atoms with E-state index in [1.54, 1.807) is 12.1 Å². The zero-order chi connectivity index (χ0) is 12.1. The van der Waals surface area contributed by atoms with E-state index in [9.17, 15) is 0 Å². The molecule has 2 nitrogen and oxygen atoms in total. The lowest BCUT2D eigenvalue weighted by Crippen LogP contribution is -1.81. The van der Waals surface area contributed by atoms with Crippen molar-refractivity contribution < 1.29 is 0 Å². The standard InChI is InChI=1S/C15H12N2/c1-12-4-2-6-14(8-12)11-17-15-7-3-5-13(9-15)10-16/h2-9,11H,1H3. The van der Waals surface area contributed by atoms with Gasteiger partial charge in [0.1, 0.15) is 0 Å². The number of nitriles is 1. The first-order chi connectivity index (χ1) is 8.28. The molecule has 0 aliphatic heterocycles. The fourth-order valence-electron chi connectivity index (χ4n) is 1.56. The van der Waals surface area contributed by atoms with Gasteiger partial charge in [-0.3, -0.25) is 4.99 Å². The summed E-state index contributed by atoms with van der Waals surface area (Å²) in [4.78, 5) is 4.35. The second-order valence-electron chi connectivity index (χ2n) is 3.83. The molecule has 2 heteroatoms. The highest BCUT2D eigenvalue weighted by atomic mass is 14.7. The van der Waals surface area contributed by atoms with Gasteiger partial charge in [0, 0.05) is 6.21 Å². The summed E-state index contributed by atoms with van der Waals surface area (Å²) < 4.78 is 0. The SMILES string of the molecule is Cc1cccc(C=Nc2cccc(C#N)c2)c1. The maximum absolute atomic E-state index is 8.78. The summed E-state index contributed by atoms with van der Waals surface area (Å²) in [6.07, 6.45) is 1.81. The minimum atomic E-state index is 0.629. The molecule has 0 N–H and O–H groups in total. The third-order valence-corrected chi connectivity index (χ3v) is 2.38. The normalized spacial score (nSPS) is 10.4. The molecule has 0 amide bonds. The molecule has 0 aliphatic rings. The molecular weight excluding hydrogens is 208 g/mol. The van der Waals surface area contributed by atoms with Crippen LogP contribution in [0.2, 0.25) is 0 Å². The van der Waals surface area contributed by atoms with Crippen molar-refractivity contribution in [1.29, 1.82) is 5.26 Å². The van der Waals surface area contributed by atoms with Crippen molar-refractivity contribution in [1.82, 2.24) is 0 Å². The zero-order valence-electron chi connectivity index (χ0n) is 9.59. The van der Waals surface area contributed by atoms with Crippen molar-refractivity contribution in [3.8, 4) is 6.07 Å². The Balaban J connectivity index is 2.23. The largest absolute Gasteiger partial charge is 0.256 e. The van der Waals surface area contributed by atoms with Gasteiger partial charge in [-0.2, -0.15) is 5.26 Å². The second kappa shape index (κ2) is 5.09. The second-order valence-corrected chi connectivity index (χ2v) is 3.83. The average Bonchev–Trinajstić information content (AvgIpc) is 2.37. The molecule has 0 saturated carbocycles. The molecule has 2 aromatic rings. The maximum atomic E-state index is 8.78. The van der Waals surface area contributed by atoms with Crippen molar-refractivity contribution in [3.63, 3.8) is 0 Å². The highest BCUT2D eigenvalue weighted by Gasteiger charge is 1.92. The van der Waals surface area contributed by atoms with Gasteiger partial charge in [0.25, 0.3) is 0 Å². The third-order valence-electron chi connectivity index (χ3n) is 2.38. The summed E-state index contributed by atoms with van der Waals surface area (Å²) in [7, 11) is 0. The van der Waals surface area contributed by atoms with Crippen LogP contribution >= 0.6 is 0 Å². The molecule has 2 rings (SSSR count). The fourth-order valence-corrected chi connectivity index (χ4v) is 1.56. The van der Waals surface area contributed by atoms with E-state index < -0.39 is 0 Å². The minimum Gasteiger partial charge on any atom is -0.256 e. The number of nitrogens with zero attached hydrogens (tertiary/aromatic N) is 2. The van der Waals surface area contributed by atoms with Gasteiger partial charge in [0.05, 0.1) is 17.3 Å². The fraction of sp³-hybridized carbons (Fsp3) is 0.0667. The van der Waals surface area contributed by atoms with E-state index in [1.165, 1.54) is 5.56 Å². The number of rotatable bonds is 2. The summed E-state index contributed by atoms with van der Waals surface area (Å²) in [5.41, 5.74) is 3.70. The van der Waals surface area contributed by atoms with Crippen molar-refractivity contribution in [3.05, 3.63) is 65.2 Å². The Bertz CT molecular complexity index is 592. The van der Waals surface area contributed by atoms with Crippen LogP contribution in [0.25, 0.3) is 0 Å².